The van der Waals surface area contributed by atoms with E-state index in [0.717, 1.165) is 5.56 Å². The first-order valence-electron chi connectivity index (χ1n) is 10.3. The van der Waals surface area contributed by atoms with Crippen LogP contribution in [0.5, 0.6) is 11.5 Å². The molecule has 0 aliphatic heterocycles. The lowest BCUT2D eigenvalue weighted by Crippen LogP contribution is -2.30. The Labute approximate surface area is 184 Å². The maximum Gasteiger partial charge on any atom is 0.223 e. The second-order valence-corrected chi connectivity index (χ2v) is 6.66. The van der Waals surface area contributed by atoms with E-state index in [-0.39, 0.29) is 18.4 Å². The third-order valence-corrected chi connectivity index (χ3v) is 4.26. The topological polar surface area (TPSA) is 66.0 Å². The lowest BCUT2D eigenvalue weighted by atomic mass is 10.2. The first kappa shape index (κ1) is 24.2. The van der Waals surface area contributed by atoms with Gasteiger partial charge in [-0.2, -0.15) is 0 Å². The zero-order valence-electron chi connectivity index (χ0n) is 18.0. The average molecular weight is 426 g/mol. The van der Waals surface area contributed by atoms with Crippen LogP contribution < -0.4 is 14.8 Å². The standard InChI is InChI=1S/C25H31NO5/c1-3-4-11-22(28-2)19-25(27)26-14-15-30-23-12-8-13-24(18-23)31-17-16-29-20-21-9-6-5-7-10-21/h3-13,18,22H,1,14-17,19-20H2,2H3,(H,26,27)/b11-4-. The van der Waals surface area contributed by atoms with Crippen molar-refractivity contribution in [2.24, 2.45) is 0 Å². The van der Waals surface area contributed by atoms with Crippen LogP contribution in [-0.4, -0.2) is 45.5 Å². The maximum absolute atomic E-state index is 12.0. The van der Waals surface area contributed by atoms with Crippen LogP contribution in [0, 0.1) is 0 Å². The van der Waals surface area contributed by atoms with Gasteiger partial charge in [-0.3, -0.25) is 4.79 Å². The molecule has 1 N–H and O–H groups in total. The van der Waals surface area contributed by atoms with Gasteiger partial charge in [0.25, 0.3) is 0 Å². The number of carbonyl (C=O) groups excluding carboxylic acids is 1. The van der Waals surface area contributed by atoms with Crippen molar-refractivity contribution in [3.8, 4) is 11.5 Å². The molecular weight excluding hydrogens is 394 g/mol. The van der Waals surface area contributed by atoms with Crippen LogP contribution in [0.2, 0.25) is 0 Å². The highest BCUT2D eigenvalue weighted by Crippen LogP contribution is 2.19. The van der Waals surface area contributed by atoms with Crippen molar-refractivity contribution in [1.82, 2.24) is 5.32 Å². The predicted molar refractivity (Wildman–Crippen MR) is 121 cm³/mol. The smallest absolute Gasteiger partial charge is 0.223 e. The Hall–Kier alpha value is -3.09. The number of methoxy groups -OCH3 is 1. The summed E-state index contributed by atoms with van der Waals surface area (Å²) in [5.41, 5.74) is 1.14. The molecule has 1 unspecified atom stereocenters. The second-order valence-electron chi connectivity index (χ2n) is 6.66. The summed E-state index contributed by atoms with van der Waals surface area (Å²) < 4.78 is 22.3. The summed E-state index contributed by atoms with van der Waals surface area (Å²) in [4.78, 5) is 12.0. The van der Waals surface area contributed by atoms with Gasteiger partial charge in [-0.05, 0) is 17.7 Å². The molecule has 1 amide bonds. The van der Waals surface area contributed by atoms with E-state index in [1.54, 1.807) is 25.3 Å². The number of ether oxygens (including phenoxy) is 4. The Balaban J connectivity index is 1.61. The molecule has 0 saturated heterocycles. The first-order chi connectivity index (χ1) is 15.2. The van der Waals surface area contributed by atoms with Crippen LogP contribution in [0.4, 0.5) is 0 Å². The molecule has 0 aliphatic carbocycles. The van der Waals surface area contributed by atoms with E-state index in [9.17, 15) is 4.79 Å². The van der Waals surface area contributed by atoms with Gasteiger partial charge in [0.05, 0.1) is 32.3 Å². The van der Waals surface area contributed by atoms with E-state index < -0.39 is 0 Å². The molecule has 0 saturated carbocycles. The van der Waals surface area contributed by atoms with Crippen LogP contribution in [0.1, 0.15) is 12.0 Å². The molecule has 166 valence electrons. The van der Waals surface area contributed by atoms with Crippen molar-refractivity contribution in [3.05, 3.63) is 85.0 Å². The number of amides is 1. The second kappa shape index (κ2) is 14.8. The SMILES string of the molecule is C=C/C=C\C(CC(=O)NCCOc1cccc(OCCOCc2ccccc2)c1)OC. The van der Waals surface area contributed by atoms with E-state index in [1.165, 1.54) is 0 Å². The summed E-state index contributed by atoms with van der Waals surface area (Å²) in [6.45, 7) is 5.87. The molecule has 31 heavy (non-hydrogen) atoms. The van der Waals surface area contributed by atoms with Gasteiger partial charge in [-0.15, -0.1) is 0 Å². The van der Waals surface area contributed by atoms with E-state index >= 15 is 0 Å². The molecule has 0 fully saturated rings. The zero-order valence-corrected chi connectivity index (χ0v) is 18.0. The van der Waals surface area contributed by atoms with Crippen molar-refractivity contribution in [2.75, 3.05) is 33.5 Å². The summed E-state index contributed by atoms with van der Waals surface area (Å²) >= 11 is 0. The van der Waals surface area contributed by atoms with Crippen LogP contribution in [-0.2, 0) is 20.9 Å². The van der Waals surface area contributed by atoms with Gasteiger partial charge in [-0.1, -0.05) is 61.2 Å². The number of nitrogens with one attached hydrogen (secondary N) is 1. The van der Waals surface area contributed by atoms with Crippen LogP contribution in [0.25, 0.3) is 0 Å². The minimum atomic E-state index is -0.274. The molecule has 2 rings (SSSR count). The minimum Gasteiger partial charge on any atom is -0.492 e. The van der Waals surface area contributed by atoms with E-state index in [2.05, 4.69) is 11.9 Å². The molecule has 0 aliphatic rings. The monoisotopic (exact) mass is 425 g/mol. The van der Waals surface area contributed by atoms with Crippen LogP contribution in [0.3, 0.4) is 0 Å². The number of rotatable bonds is 15. The van der Waals surface area contributed by atoms with Gasteiger partial charge in [0.15, 0.2) is 0 Å². The molecule has 2 aromatic rings. The number of hydrogen-bond acceptors (Lipinski definition) is 5. The Morgan fingerprint density at radius 2 is 1.77 bits per heavy atom. The molecule has 2 aromatic carbocycles. The van der Waals surface area contributed by atoms with Gasteiger partial charge in [0.1, 0.15) is 24.7 Å². The van der Waals surface area contributed by atoms with Crippen LogP contribution >= 0.6 is 0 Å². The van der Waals surface area contributed by atoms with E-state index in [0.29, 0.717) is 44.5 Å². The number of hydrogen-bond donors (Lipinski definition) is 1. The number of carbonyl (C=O) groups is 1. The molecule has 0 radical (unpaired) electrons. The third kappa shape index (κ3) is 10.5. The fraction of sp³-hybridized carbons (Fsp3) is 0.320. The predicted octanol–water partition coefficient (Wildman–Crippen LogP) is 3.92. The molecule has 0 heterocycles. The average Bonchev–Trinajstić information content (AvgIpc) is 2.80. The quantitative estimate of drug-likeness (QED) is 0.346. The van der Waals surface area contributed by atoms with Crippen molar-refractivity contribution < 1.29 is 23.7 Å². The minimum absolute atomic E-state index is 0.100. The Bertz CT molecular complexity index is 807. The van der Waals surface area contributed by atoms with Gasteiger partial charge >= 0.3 is 0 Å². The van der Waals surface area contributed by atoms with Gasteiger partial charge in [-0.25, -0.2) is 0 Å². The van der Waals surface area contributed by atoms with E-state index in [4.69, 9.17) is 18.9 Å². The van der Waals surface area contributed by atoms with Gasteiger partial charge in [0.2, 0.25) is 5.91 Å². The molecule has 0 spiro atoms. The summed E-state index contributed by atoms with van der Waals surface area (Å²) in [5, 5.41) is 2.82. The fourth-order valence-electron chi connectivity index (χ4n) is 2.68. The van der Waals surface area contributed by atoms with E-state index in [1.807, 2.05) is 54.6 Å². The molecular formula is C25H31NO5. The summed E-state index contributed by atoms with van der Waals surface area (Å²) in [5.74, 6) is 1.29. The normalized spacial score (nSPS) is 11.8. The highest BCUT2D eigenvalue weighted by atomic mass is 16.5. The van der Waals surface area contributed by atoms with Gasteiger partial charge < -0.3 is 24.3 Å². The van der Waals surface area contributed by atoms with Gasteiger partial charge in [0, 0.05) is 13.2 Å². The highest BCUT2D eigenvalue weighted by molar-refractivity contribution is 5.76. The number of allylic oxidation sites excluding steroid dienone is 2. The van der Waals surface area contributed by atoms with Crippen molar-refractivity contribution in [1.29, 1.82) is 0 Å². The Kier molecular flexibility index (Phi) is 11.6. The first-order valence-corrected chi connectivity index (χ1v) is 10.3. The Morgan fingerprint density at radius 1 is 1.03 bits per heavy atom. The Morgan fingerprint density at radius 3 is 2.48 bits per heavy atom. The molecule has 0 bridgehead atoms. The van der Waals surface area contributed by atoms with Crippen molar-refractivity contribution in [3.63, 3.8) is 0 Å². The van der Waals surface area contributed by atoms with Crippen LogP contribution in [0.15, 0.2) is 79.4 Å². The maximum atomic E-state index is 12.0. The zero-order chi connectivity index (χ0) is 22.2. The molecule has 6 nitrogen and oxygen atoms in total. The number of benzene rings is 2. The largest absolute Gasteiger partial charge is 0.492 e. The fourth-order valence-corrected chi connectivity index (χ4v) is 2.68. The molecule has 0 aromatic heterocycles. The summed E-state index contributed by atoms with van der Waals surface area (Å²) in [7, 11) is 1.57. The summed E-state index contributed by atoms with van der Waals surface area (Å²) in [6, 6.07) is 17.4. The lowest BCUT2D eigenvalue weighted by Gasteiger charge is -2.12. The molecule has 1 atom stereocenters. The summed E-state index contributed by atoms with van der Waals surface area (Å²) in [6.07, 6.45) is 5.17. The van der Waals surface area contributed by atoms with Crippen molar-refractivity contribution >= 4 is 5.91 Å². The molecule has 6 heteroatoms. The highest BCUT2D eigenvalue weighted by Gasteiger charge is 2.09. The van der Waals surface area contributed by atoms with Crippen molar-refractivity contribution in [2.45, 2.75) is 19.1 Å². The lowest BCUT2D eigenvalue weighted by molar-refractivity contribution is -0.122. The third-order valence-electron chi connectivity index (χ3n) is 4.26.